The minimum atomic E-state index is -0.416. The minimum Gasteiger partial charge on any atom is -0.333 e. The van der Waals surface area contributed by atoms with Gasteiger partial charge in [-0.2, -0.15) is 0 Å². The van der Waals surface area contributed by atoms with Crippen LogP contribution in [0.2, 0.25) is 0 Å². The Morgan fingerprint density at radius 2 is 1.82 bits per heavy atom. The highest BCUT2D eigenvalue weighted by molar-refractivity contribution is 6.10. The van der Waals surface area contributed by atoms with Gasteiger partial charge in [-0.3, -0.25) is 14.4 Å². The van der Waals surface area contributed by atoms with Crippen molar-refractivity contribution >= 4 is 27.6 Å². The number of nitrogens with zero attached hydrogens (tertiary/aromatic N) is 1. The number of aromatic amines is 2. The van der Waals surface area contributed by atoms with Crippen LogP contribution >= 0.6 is 0 Å². The van der Waals surface area contributed by atoms with Crippen molar-refractivity contribution in [3.63, 3.8) is 0 Å². The van der Waals surface area contributed by atoms with Gasteiger partial charge in [0, 0.05) is 53.1 Å². The van der Waals surface area contributed by atoms with E-state index in [4.69, 9.17) is 0 Å². The quantitative estimate of drug-likeness (QED) is 0.402. The van der Waals surface area contributed by atoms with Crippen LogP contribution in [0.4, 0.5) is 4.39 Å². The number of fused-ring (bicyclic) bond motifs is 2. The van der Waals surface area contributed by atoms with Crippen LogP contribution in [-0.2, 0) is 6.54 Å². The van der Waals surface area contributed by atoms with Crippen molar-refractivity contribution in [3.8, 4) is 11.1 Å². The number of hydrogen-bond acceptors (Lipinski definition) is 3. The SMILES string of the molecule is CC(=O)c1c(-c2ccc[nH]c2=O)c2cc(C)c(F)cc2n1Cc1cc(=O)[nH]c2ccccc12. The summed E-state index contributed by atoms with van der Waals surface area (Å²) < 4.78 is 16.4. The van der Waals surface area contributed by atoms with Crippen LogP contribution in [0, 0.1) is 12.7 Å². The minimum absolute atomic E-state index is 0.156. The Bertz CT molecular complexity index is 1690. The number of carbonyl (C=O) groups excluding carboxylic acids is 1. The zero-order valence-electron chi connectivity index (χ0n) is 18.0. The van der Waals surface area contributed by atoms with Gasteiger partial charge in [0.05, 0.1) is 11.2 Å². The molecule has 0 saturated heterocycles. The first-order chi connectivity index (χ1) is 15.8. The Kier molecular flexibility index (Phi) is 4.82. The van der Waals surface area contributed by atoms with Crippen LogP contribution in [0.15, 0.2) is 70.4 Å². The average Bonchev–Trinajstić information content (AvgIpc) is 3.07. The molecule has 0 radical (unpaired) electrons. The Hall–Kier alpha value is -4.26. The third-order valence-electron chi connectivity index (χ3n) is 5.93. The summed E-state index contributed by atoms with van der Waals surface area (Å²) in [7, 11) is 0. The monoisotopic (exact) mass is 441 g/mol. The molecule has 2 aromatic carbocycles. The lowest BCUT2D eigenvalue weighted by atomic mass is 10.0. The molecule has 2 N–H and O–H groups in total. The van der Waals surface area contributed by atoms with E-state index in [1.807, 2.05) is 18.2 Å². The summed E-state index contributed by atoms with van der Waals surface area (Å²) in [6, 6.07) is 15.2. The number of para-hydroxylation sites is 1. The third-order valence-corrected chi connectivity index (χ3v) is 5.93. The number of rotatable bonds is 4. The number of H-pyrrole nitrogens is 2. The van der Waals surface area contributed by atoms with Crippen molar-refractivity contribution in [1.82, 2.24) is 14.5 Å². The van der Waals surface area contributed by atoms with Crippen LogP contribution < -0.4 is 11.1 Å². The number of aromatic nitrogens is 3. The lowest BCUT2D eigenvalue weighted by Crippen LogP contribution is -2.14. The average molecular weight is 441 g/mol. The predicted molar refractivity (Wildman–Crippen MR) is 126 cm³/mol. The van der Waals surface area contributed by atoms with Gasteiger partial charge in [0.15, 0.2) is 5.78 Å². The second kappa shape index (κ2) is 7.70. The Morgan fingerprint density at radius 1 is 1.03 bits per heavy atom. The molecule has 0 aliphatic heterocycles. The van der Waals surface area contributed by atoms with Crippen LogP contribution in [-0.4, -0.2) is 20.3 Å². The van der Waals surface area contributed by atoms with E-state index in [0.29, 0.717) is 38.7 Å². The molecule has 0 fully saturated rings. The standard InChI is InChI=1S/C26H20FN3O3/c1-14-10-19-22(12-20(14)27)30(13-16-11-23(32)29-21-8-4-3-6-17(16)21)25(15(2)31)24(19)18-7-5-9-28-26(18)33/h3-12H,13H2,1-2H3,(H,28,33)(H,29,32). The van der Waals surface area contributed by atoms with Gasteiger partial charge in [-0.25, -0.2) is 4.39 Å². The number of carbonyl (C=O) groups is 1. The number of ketones is 1. The molecule has 0 atom stereocenters. The largest absolute Gasteiger partial charge is 0.333 e. The zero-order valence-corrected chi connectivity index (χ0v) is 18.0. The molecule has 7 heteroatoms. The Morgan fingerprint density at radius 3 is 2.58 bits per heavy atom. The molecule has 0 amide bonds. The fraction of sp³-hybridized carbons (Fsp3) is 0.115. The van der Waals surface area contributed by atoms with Crippen molar-refractivity contribution in [2.45, 2.75) is 20.4 Å². The second-order valence-electron chi connectivity index (χ2n) is 8.10. The van der Waals surface area contributed by atoms with Crippen molar-refractivity contribution in [1.29, 1.82) is 0 Å². The maximum absolute atomic E-state index is 14.7. The number of halogens is 1. The Labute approximate surface area is 187 Å². The summed E-state index contributed by atoms with van der Waals surface area (Å²) in [4.78, 5) is 43.4. The first-order valence-corrected chi connectivity index (χ1v) is 10.5. The molecule has 0 aliphatic carbocycles. The molecule has 33 heavy (non-hydrogen) atoms. The summed E-state index contributed by atoms with van der Waals surface area (Å²) in [5.41, 5.74) is 2.69. The summed E-state index contributed by atoms with van der Waals surface area (Å²) in [6.45, 7) is 3.22. The van der Waals surface area contributed by atoms with E-state index in [2.05, 4.69) is 9.97 Å². The van der Waals surface area contributed by atoms with Crippen LogP contribution in [0.5, 0.6) is 0 Å². The number of benzene rings is 2. The smallest absolute Gasteiger partial charge is 0.255 e. The van der Waals surface area contributed by atoms with Gasteiger partial charge in [-0.15, -0.1) is 0 Å². The molecule has 0 unspecified atom stereocenters. The van der Waals surface area contributed by atoms with Crippen molar-refractivity contribution in [3.05, 3.63) is 104 Å². The van der Waals surface area contributed by atoms with E-state index in [9.17, 15) is 18.8 Å². The zero-order chi connectivity index (χ0) is 23.3. The fourth-order valence-electron chi connectivity index (χ4n) is 4.48. The molecule has 3 heterocycles. The van der Waals surface area contributed by atoms with E-state index >= 15 is 0 Å². The van der Waals surface area contributed by atoms with E-state index in [-0.39, 0.29) is 29.1 Å². The van der Waals surface area contributed by atoms with Gasteiger partial charge in [-0.05, 0) is 48.4 Å². The molecule has 0 saturated carbocycles. The molecule has 5 aromatic rings. The molecule has 0 bridgehead atoms. The molecule has 5 rings (SSSR count). The first-order valence-electron chi connectivity index (χ1n) is 10.5. The number of nitrogens with one attached hydrogen (secondary N) is 2. The van der Waals surface area contributed by atoms with Gasteiger partial charge < -0.3 is 14.5 Å². The normalized spacial score (nSPS) is 11.4. The topological polar surface area (TPSA) is 87.7 Å². The highest BCUT2D eigenvalue weighted by Gasteiger charge is 2.25. The number of aryl methyl sites for hydroxylation is 1. The van der Waals surface area contributed by atoms with Crippen LogP contribution in [0.3, 0.4) is 0 Å². The predicted octanol–water partition coefficient (Wildman–Crippen LogP) is 4.54. The van der Waals surface area contributed by atoms with Crippen LogP contribution in [0.1, 0.15) is 28.5 Å². The molecule has 0 spiro atoms. The fourth-order valence-corrected chi connectivity index (χ4v) is 4.48. The number of hydrogen-bond donors (Lipinski definition) is 2. The van der Waals surface area contributed by atoms with Gasteiger partial charge >= 0.3 is 0 Å². The van der Waals surface area contributed by atoms with Crippen LogP contribution in [0.25, 0.3) is 32.9 Å². The van der Waals surface area contributed by atoms with E-state index < -0.39 is 5.82 Å². The van der Waals surface area contributed by atoms with Crippen molar-refractivity contribution < 1.29 is 9.18 Å². The lowest BCUT2D eigenvalue weighted by Gasteiger charge is -2.12. The molecule has 3 aromatic heterocycles. The third kappa shape index (κ3) is 3.38. The van der Waals surface area contributed by atoms with Gasteiger partial charge in [0.2, 0.25) is 5.56 Å². The molecule has 0 aliphatic rings. The maximum atomic E-state index is 14.7. The van der Waals surface area contributed by atoms with E-state index in [1.54, 1.807) is 35.8 Å². The molecule has 164 valence electrons. The van der Waals surface area contributed by atoms with Gasteiger partial charge in [0.1, 0.15) is 5.82 Å². The highest BCUT2D eigenvalue weighted by Crippen LogP contribution is 2.36. The molecule has 6 nitrogen and oxygen atoms in total. The summed E-state index contributed by atoms with van der Waals surface area (Å²) in [6.07, 6.45) is 1.52. The van der Waals surface area contributed by atoms with Gasteiger partial charge in [-0.1, -0.05) is 18.2 Å². The first kappa shape index (κ1) is 20.6. The van der Waals surface area contributed by atoms with E-state index in [1.165, 1.54) is 25.3 Å². The summed E-state index contributed by atoms with van der Waals surface area (Å²) in [5, 5.41) is 1.42. The maximum Gasteiger partial charge on any atom is 0.255 e. The van der Waals surface area contributed by atoms with Gasteiger partial charge in [0.25, 0.3) is 5.56 Å². The molecular weight excluding hydrogens is 421 g/mol. The highest BCUT2D eigenvalue weighted by atomic mass is 19.1. The Balaban J connectivity index is 1.89. The van der Waals surface area contributed by atoms with E-state index in [0.717, 1.165) is 5.39 Å². The number of pyridine rings is 2. The van der Waals surface area contributed by atoms with Crippen molar-refractivity contribution in [2.24, 2.45) is 0 Å². The van der Waals surface area contributed by atoms with Crippen molar-refractivity contribution in [2.75, 3.05) is 0 Å². The number of Topliss-reactive ketones (excluding diaryl/α,β-unsaturated/α-hetero) is 1. The lowest BCUT2D eigenvalue weighted by molar-refractivity contribution is 0.101. The second-order valence-corrected chi connectivity index (χ2v) is 8.10. The molecular formula is C26H20FN3O3. The summed E-state index contributed by atoms with van der Waals surface area (Å²) in [5.74, 6) is -0.683. The summed E-state index contributed by atoms with van der Waals surface area (Å²) >= 11 is 0.